The Bertz CT molecular complexity index is 1440. The van der Waals surface area contributed by atoms with Gasteiger partial charge in [-0.1, -0.05) is 0 Å². The SMILES string of the molecule is CN(C)c1cc(CCCNS(C)(=O)=O)c(O)c2c1C[C@H]1C[C@H]3[C@H](N(C)C)C(O)C(C(N)=O)C(=O)[C@@]3(O)C(O)=C1C2=O. The summed E-state index contributed by atoms with van der Waals surface area (Å²) in [6.45, 7) is 0.116. The van der Waals surface area contributed by atoms with Gasteiger partial charge in [0.1, 0.15) is 17.4 Å². The number of rotatable bonds is 8. The topological polar surface area (TPSA) is 211 Å². The molecule has 3 aliphatic carbocycles. The minimum atomic E-state index is -3.40. The van der Waals surface area contributed by atoms with Crippen LogP contribution in [0.2, 0.25) is 0 Å². The Labute approximate surface area is 238 Å². The van der Waals surface area contributed by atoms with Gasteiger partial charge in [0.05, 0.1) is 17.9 Å². The molecule has 0 aliphatic heterocycles. The number of allylic oxidation sites excluding steroid dienone is 1. The van der Waals surface area contributed by atoms with Crippen LogP contribution in [0.1, 0.15) is 34.3 Å². The Balaban J connectivity index is 1.85. The van der Waals surface area contributed by atoms with Gasteiger partial charge in [0.15, 0.2) is 17.2 Å². The molecule has 1 saturated carbocycles. The van der Waals surface area contributed by atoms with Gasteiger partial charge in [-0.05, 0) is 62.9 Å². The Morgan fingerprint density at radius 1 is 1.20 bits per heavy atom. The monoisotopic (exact) mass is 594 g/mol. The number of likely N-dealkylation sites (N-methyl/N-ethyl adjacent to an activating group) is 1. The Morgan fingerprint density at radius 3 is 2.37 bits per heavy atom. The van der Waals surface area contributed by atoms with Crippen molar-refractivity contribution in [1.82, 2.24) is 9.62 Å². The Hall–Kier alpha value is -3.04. The van der Waals surface area contributed by atoms with Gasteiger partial charge in [0.25, 0.3) is 0 Å². The van der Waals surface area contributed by atoms with E-state index < -0.39 is 68.8 Å². The molecule has 13 nitrogen and oxygen atoms in total. The average molecular weight is 595 g/mol. The number of aliphatic hydroxyl groups is 3. The van der Waals surface area contributed by atoms with Crippen molar-refractivity contribution in [1.29, 1.82) is 0 Å². The molecule has 3 aliphatic rings. The number of primary amides is 1. The highest BCUT2D eigenvalue weighted by Crippen LogP contribution is 2.53. The first-order valence-corrected chi connectivity index (χ1v) is 15.2. The summed E-state index contributed by atoms with van der Waals surface area (Å²) < 4.78 is 25.2. The van der Waals surface area contributed by atoms with Gasteiger partial charge in [-0.25, -0.2) is 13.1 Å². The van der Waals surface area contributed by atoms with Crippen LogP contribution in [-0.2, 0) is 32.5 Å². The van der Waals surface area contributed by atoms with Crippen molar-refractivity contribution in [2.45, 2.75) is 43.4 Å². The lowest BCUT2D eigenvalue weighted by atomic mass is 9.56. The number of Topliss-reactive ketones (excluding diaryl/α,β-unsaturated/α-hetero) is 2. The number of hydrogen-bond donors (Lipinski definition) is 6. The molecule has 0 spiro atoms. The molecule has 0 radical (unpaired) electrons. The zero-order valence-corrected chi connectivity index (χ0v) is 24.5. The normalized spacial score (nSPS) is 29.7. The van der Waals surface area contributed by atoms with Crippen LogP contribution < -0.4 is 15.4 Å². The molecule has 7 N–H and O–H groups in total. The van der Waals surface area contributed by atoms with Gasteiger partial charge < -0.3 is 36.0 Å². The van der Waals surface area contributed by atoms with E-state index >= 15 is 0 Å². The zero-order valence-electron chi connectivity index (χ0n) is 23.7. The van der Waals surface area contributed by atoms with E-state index in [0.29, 0.717) is 23.2 Å². The quantitative estimate of drug-likeness (QED) is 0.156. The number of anilines is 1. The minimum Gasteiger partial charge on any atom is -0.508 e. The fraction of sp³-hybridized carbons (Fsp3) is 0.593. The third kappa shape index (κ3) is 5.01. The molecule has 14 heteroatoms. The van der Waals surface area contributed by atoms with Crippen molar-refractivity contribution in [3.63, 3.8) is 0 Å². The van der Waals surface area contributed by atoms with E-state index in [2.05, 4.69) is 4.72 Å². The summed E-state index contributed by atoms with van der Waals surface area (Å²) in [5.74, 6) is -7.83. The number of carbonyl (C=O) groups excluding carboxylic acids is 3. The molecule has 2 unspecified atom stereocenters. The summed E-state index contributed by atoms with van der Waals surface area (Å²) in [6.07, 6.45) is 0.281. The van der Waals surface area contributed by atoms with Crippen molar-refractivity contribution in [2.24, 2.45) is 23.5 Å². The number of sulfonamides is 1. The number of aliphatic hydroxyl groups excluding tert-OH is 2. The van der Waals surface area contributed by atoms with E-state index in [9.17, 15) is 43.2 Å². The molecule has 1 aromatic carbocycles. The van der Waals surface area contributed by atoms with E-state index in [1.165, 1.54) is 0 Å². The fourth-order valence-corrected chi connectivity index (χ4v) is 7.35. The summed E-state index contributed by atoms with van der Waals surface area (Å²) in [7, 11) is 3.36. The number of fused-ring (bicyclic) bond motifs is 3. The smallest absolute Gasteiger partial charge is 0.230 e. The number of phenolic OH excluding ortho intramolecular Hbond substituents is 1. The van der Waals surface area contributed by atoms with Crippen LogP contribution in [0.5, 0.6) is 5.75 Å². The molecule has 226 valence electrons. The number of aryl methyl sites for hydroxylation is 1. The van der Waals surface area contributed by atoms with E-state index in [4.69, 9.17) is 5.73 Å². The van der Waals surface area contributed by atoms with Crippen LogP contribution >= 0.6 is 0 Å². The number of benzene rings is 1. The maximum absolute atomic E-state index is 14.0. The molecule has 0 saturated heterocycles. The number of aromatic hydroxyl groups is 1. The lowest BCUT2D eigenvalue weighted by Gasteiger charge is -2.53. The van der Waals surface area contributed by atoms with Gasteiger partial charge >= 0.3 is 0 Å². The predicted octanol–water partition coefficient (Wildman–Crippen LogP) is -1.17. The van der Waals surface area contributed by atoms with Crippen LogP contribution in [0.3, 0.4) is 0 Å². The van der Waals surface area contributed by atoms with Gasteiger partial charge in [0.2, 0.25) is 15.9 Å². The highest BCUT2D eigenvalue weighted by molar-refractivity contribution is 7.88. The molecule has 41 heavy (non-hydrogen) atoms. The Kier molecular flexibility index (Phi) is 8.04. The van der Waals surface area contributed by atoms with E-state index in [0.717, 1.165) is 6.26 Å². The minimum absolute atomic E-state index is 0.0325. The second-order valence-corrected chi connectivity index (χ2v) is 13.5. The zero-order chi connectivity index (χ0) is 30.8. The molecule has 0 aromatic heterocycles. The molecule has 1 amide bonds. The Morgan fingerprint density at radius 2 is 1.83 bits per heavy atom. The van der Waals surface area contributed by atoms with Gasteiger partial charge in [-0.3, -0.25) is 14.4 Å². The second-order valence-electron chi connectivity index (χ2n) is 11.7. The number of ketones is 2. The average Bonchev–Trinajstić information content (AvgIpc) is 2.83. The van der Waals surface area contributed by atoms with Gasteiger partial charge in [-0.15, -0.1) is 0 Å². The van der Waals surface area contributed by atoms with Crippen molar-refractivity contribution in [2.75, 3.05) is 45.9 Å². The lowest BCUT2D eigenvalue weighted by Crippen LogP contribution is -2.71. The van der Waals surface area contributed by atoms with Crippen molar-refractivity contribution >= 4 is 33.2 Å². The number of nitrogens with two attached hydrogens (primary N) is 1. The molecule has 0 bridgehead atoms. The van der Waals surface area contributed by atoms with Gasteiger partial charge in [-0.2, -0.15) is 0 Å². The number of nitrogens with zero attached hydrogens (tertiary/aromatic N) is 2. The molecule has 1 fully saturated rings. The highest BCUT2D eigenvalue weighted by Gasteiger charge is 2.66. The molecule has 4 rings (SSSR count). The molecular weight excluding hydrogens is 556 g/mol. The first-order chi connectivity index (χ1) is 18.9. The fourth-order valence-electron chi connectivity index (χ4n) is 6.83. The number of hydrogen-bond acceptors (Lipinski definition) is 11. The molecular formula is C27H38N4O9S. The van der Waals surface area contributed by atoms with Crippen LogP contribution in [0.4, 0.5) is 5.69 Å². The lowest BCUT2D eigenvalue weighted by molar-refractivity contribution is -0.178. The second kappa shape index (κ2) is 10.7. The highest BCUT2D eigenvalue weighted by atomic mass is 32.2. The largest absolute Gasteiger partial charge is 0.508 e. The summed E-state index contributed by atoms with van der Waals surface area (Å²) in [6, 6.07) is 0.795. The third-order valence-corrected chi connectivity index (χ3v) is 9.35. The summed E-state index contributed by atoms with van der Waals surface area (Å²) in [5.41, 5.74) is 4.05. The molecule has 1 aromatic rings. The van der Waals surface area contributed by atoms with Crippen LogP contribution in [0.25, 0.3) is 0 Å². The molecule has 0 heterocycles. The van der Waals surface area contributed by atoms with Crippen molar-refractivity contribution in [3.8, 4) is 5.75 Å². The number of nitrogens with one attached hydrogen (secondary N) is 1. The van der Waals surface area contributed by atoms with Crippen LogP contribution in [-0.4, -0.2) is 110 Å². The predicted molar refractivity (Wildman–Crippen MR) is 149 cm³/mol. The summed E-state index contributed by atoms with van der Waals surface area (Å²) in [5, 5.41) is 45.5. The first-order valence-electron chi connectivity index (χ1n) is 13.3. The third-order valence-electron chi connectivity index (χ3n) is 8.62. The number of carbonyl (C=O) groups is 3. The standard InChI is InChI=1S/C27H38N4O9S/c1-30(2)16-11-12(7-6-8-29-41(5,39)40)21(32)18-14(16)9-13-10-15-20(31(3)4)23(34)19(26(28)37)25(36)27(15,38)24(35)17(13)22(18)33/h11,13,15,19-20,23,29,32,34-35,38H,6-10H2,1-5H3,(H2,28,37)/t13-,15-,19?,20-,23?,27-/m0/s1. The summed E-state index contributed by atoms with van der Waals surface area (Å²) >= 11 is 0. The van der Waals surface area contributed by atoms with E-state index in [-0.39, 0.29) is 42.7 Å². The van der Waals surface area contributed by atoms with Gasteiger partial charge in [0, 0.05) is 43.9 Å². The maximum Gasteiger partial charge on any atom is 0.230 e. The maximum atomic E-state index is 14.0. The first kappa shape index (κ1) is 30.9. The van der Waals surface area contributed by atoms with E-state index in [1.807, 2.05) is 0 Å². The van der Waals surface area contributed by atoms with E-state index in [1.54, 1.807) is 44.1 Å². The van der Waals surface area contributed by atoms with Crippen LogP contribution in [0.15, 0.2) is 17.4 Å². The van der Waals surface area contributed by atoms with Crippen LogP contribution in [0, 0.1) is 17.8 Å². The number of phenols is 1. The number of amides is 1. The molecule has 6 atom stereocenters. The van der Waals surface area contributed by atoms with Crippen molar-refractivity contribution in [3.05, 3.63) is 34.1 Å². The summed E-state index contributed by atoms with van der Waals surface area (Å²) in [4.78, 5) is 43.0. The van der Waals surface area contributed by atoms with Crippen molar-refractivity contribution < 1.29 is 43.2 Å².